The molecular formula is C34H66O4. The molecule has 0 heterocycles. The molecule has 4 heteroatoms. The third-order valence-electron chi connectivity index (χ3n) is 7.53. The van der Waals surface area contributed by atoms with Crippen molar-refractivity contribution in [3.05, 3.63) is 0 Å². The molecule has 0 aliphatic carbocycles. The Bertz CT molecular complexity index is 505. The van der Waals surface area contributed by atoms with Crippen LogP contribution in [-0.4, -0.2) is 24.6 Å². The Morgan fingerprint density at radius 1 is 0.447 bits per heavy atom. The topological polar surface area (TPSA) is 52.6 Å². The predicted octanol–water partition coefficient (Wildman–Crippen LogP) is 11.0. The van der Waals surface area contributed by atoms with E-state index in [1.165, 1.54) is 135 Å². The van der Waals surface area contributed by atoms with Crippen LogP contribution in [0.3, 0.4) is 0 Å². The highest BCUT2D eigenvalue weighted by Crippen LogP contribution is 2.14. The molecule has 0 spiro atoms. The Kier molecular flexibility index (Phi) is 29.6. The van der Waals surface area contributed by atoms with Gasteiger partial charge in [-0.1, -0.05) is 162 Å². The molecule has 0 radical (unpaired) electrons. The van der Waals surface area contributed by atoms with Gasteiger partial charge < -0.3 is 9.47 Å². The summed E-state index contributed by atoms with van der Waals surface area (Å²) in [6.45, 7) is 6.50. The lowest BCUT2D eigenvalue weighted by Gasteiger charge is -2.13. The standard InChI is InChI=1S/C34H66O4/c1-4-6-8-10-12-14-16-18-20-21-23-25-27-29-33(35)37-31-32(3)38-34(36)30-28-26-24-22-19-17-15-13-11-9-7-5-2/h32H,4-31H2,1-3H3. The van der Waals surface area contributed by atoms with Crippen LogP contribution in [0.1, 0.15) is 194 Å². The van der Waals surface area contributed by atoms with Crippen LogP contribution in [-0.2, 0) is 19.1 Å². The molecule has 0 fully saturated rings. The molecule has 0 aliphatic heterocycles. The molecule has 0 aromatic rings. The summed E-state index contributed by atoms with van der Waals surface area (Å²) in [5.41, 5.74) is 0. The van der Waals surface area contributed by atoms with Crippen LogP contribution in [0.4, 0.5) is 0 Å². The first-order valence-electron chi connectivity index (χ1n) is 16.9. The third-order valence-corrected chi connectivity index (χ3v) is 7.53. The van der Waals surface area contributed by atoms with Gasteiger partial charge >= 0.3 is 11.9 Å². The summed E-state index contributed by atoms with van der Waals surface area (Å²) < 4.78 is 10.7. The van der Waals surface area contributed by atoms with Gasteiger partial charge in [0.1, 0.15) is 12.7 Å². The maximum Gasteiger partial charge on any atom is 0.306 e. The van der Waals surface area contributed by atoms with E-state index in [2.05, 4.69) is 13.8 Å². The molecule has 0 amide bonds. The van der Waals surface area contributed by atoms with Crippen molar-refractivity contribution in [2.75, 3.05) is 6.61 Å². The first kappa shape index (κ1) is 36.9. The van der Waals surface area contributed by atoms with E-state index in [9.17, 15) is 9.59 Å². The minimum absolute atomic E-state index is 0.168. The maximum atomic E-state index is 12.0. The smallest absolute Gasteiger partial charge is 0.306 e. The highest BCUT2D eigenvalue weighted by Gasteiger charge is 2.12. The van der Waals surface area contributed by atoms with Crippen molar-refractivity contribution in [1.82, 2.24) is 0 Å². The third kappa shape index (κ3) is 29.5. The number of hydrogen-bond acceptors (Lipinski definition) is 4. The summed E-state index contributed by atoms with van der Waals surface area (Å²) in [6, 6.07) is 0. The lowest BCUT2D eigenvalue weighted by atomic mass is 10.0. The van der Waals surface area contributed by atoms with Gasteiger partial charge in [0, 0.05) is 12.8 Å². The number of rotatable bonds is 30. The highest BCUT2D eigenvalue weighted by molar-refractivity contribution is 5.70. The zero-order valence-electron chi connectivity index (χ0n) is 26.0. The quantitative estimate of drug-likeness (QED) is 0.0674. The van der Waals surface area contributed by atoms with Crippen LogP contribution in [0.2, 0.25) is 0 Å². The lowest BCUT2D eigenvalue weighted by molar-refractivity contribution is -0.158. The van der Waals surface area contributed by atoms with Crippen molar-refractivity contribution in [3.63, 3.8) is 0 Å². The van der Waals surface area contributed by atoms with Crippen molar-refractivity contribution in [3.8, 4) is 0 Å². The molecule has 0 aliphatic rings. The van der Waals surface area contributed by atoms with E-state index in [1.54, 1.807) is 6.92 Å². The van der Waals surface area contributed by atoms with E-state index < -0.39 is 0 Å². The first-order valence-corrected chi connectivity index (χ1v) is 16.9. The van der Waals surface area contributed by atoms with Gasteiger partial charge in [-0.15, -0.1) is 0 Å². The van der Waals surface area contributed by atoms with Crippen molar-refractivity contribution >= 4 is 11.9 Å². The number of hydrogen-bond donors (Lipinski definition) is 0. The van der Waals surface area contributed by atoms with E-state index in [0.29, 0.717) is 12.8 Å². The van der Waals surface area contributed by atoms with Gasteiger partial charge in [-0.25, -0.2) is 0 Å². The Morgan fingerprint density at radius 2 is 0.737 bits per heavy atom. The van der Waals surface area contributed by atoms with E-state index in [1.807, 2.05) is 0 Å². The summed E-state index contributed by atoms with van der Waals surface area (Å²) >= 11 is 0. The molecule has 0 saturated heterocycles. The monoisotopic (exact) mass is 538 g/mol. The Hall–Kier alpha value is -1.06. The van der Waals surface area contributed by atoms with E-state index in [-0.39, 0.29) is 24.6 Å². The van der Waals surface area contributed by atoms with Gasteiger partial charge in [0.05, 0.1) is 0 Å². The van der Waals surface area contributed by atoms with Crippen LogP contribution < -0.4 is 0 Å². The average Bonchev–Trinajstić information content (AvgIpc) is 2.90. The maximum absolute atomic E-state index is 12.0. The van der Waals surface area contributed by atoms with Crippen molar-refractivity contribution in [2.24, 2.45) is 0 Å². The second-order valence-corrected chi connectivity index (χ2v) is 11.6. The van der Waals surface area contributed by atoms with Crippen LogP contribution >= 0.6 is 0 Å². The second kappa shape index (κ2) is 30.5. The fraction of sp³-hybridized carbons (Fsp3) is 0.941. The molecule has 0 saturated carbocycles. The van der Waals surface area contributed by atoms with Gasteiger partial charge in [-0.2, -0.15) is 0 Å². The molecule has 0 aromatic heterocycles. The Balaban J connectivity index is 3.41. The second-order valence-electron chi connectivity index (χ2n) is 11.6. The zero-order chi connectivity index (χ0) is 27.9. The number of carbonyl (C=O) groups is 2. The number of carbonyl (C=O) groups excluding carboxylic acids is 2. The molecular weight excluding hydrogens is 472 g/mol. The fourth-order valence-electron chi connectivity index (χ4n) is 5.00. The van der Waals surface area contributed by atoms with Crippen LogP contribution in [0.25, 0.3) is 0 Å². The first-order chi connectivity index (χ1) is 18.6. The van der Waals surface area contributed by atoms with Gasteiger partial charge in [0.25, 0.3) is 0 Å². The Labute approximate surface area is 237 Å². The van der Waals surface area contributed by atoms with E-state index in [0.717, 1.165) is 25.7 Å². The summed E-state index contributed by atoms with van der Waals surface area (Å²) in [4.78, 5) is 24.0. The molecule has 226 valence electrons. The number of esters is 2. The minimum Gasteiger partial charge on any atom is -0.462 e. The normalized spacial score (nSPS) is 12.0. The molecule has 1 unspecified atom stereocenters. The van der Waals surface area contributed by atoms with Crippen LogP contribution in [0.15, 0.2) is 0 Å². The van der Waals surface area contributed by atoms with Gasteiger partial charge in [0.2, 0.25) is 0 Å². The largest absolute Gasteiger partial charge is 0.462 e. The lowest BCUT2D eigenvalue weighted by Crippen LogP contribution is -2.22. The molecule has 38 heavy (non-hydrogen) atoms. The van der Waals surface area contributed by atoms with Crippen LogP contribution in [0, 0.1) is 0 Å². The number of unbranched alkanes of at least 4 members (excludes halogenated alkanes) is 23. The van der Waals surface area contributed by atoms with Gasteiger partial charge in [-0.3, -0.25) is 9.59 Å². The summed E-state index contributed by atoms with van der Waals surface area (Å²) in [7, 11) is 0. The molecule has 0 bridgehead atoms. The summed E-state index contributed by atoms with van der Waals surface area (Å²) in [5, 5.41) is 0. The highest BCUT2D eigenvalue weighted by atomic mass is 16.6. The van der Waals surface area contributed by atoms with Gasteiger partial charge in [0.15, 0.2) is 0 Å². The van der Waals surface area contributed by atoms with Crippen molar-refractivity contribution in [2.45, 2.75) is 200 Å². The SMILES string of the molecule is CCCCCCCCCCCCCCCC(=O)OCC(C)OC(=O)CCCCCCCCCCCCCC. The Morgan fingerprint density at radius 3 is 1.08 bits per heavy atom. The predicted molar refractivity (Wildman–Crippen MR) is 163 cm³/mol. The van der Waals surface area contributed by atoms with Crippen LogP contribution in [0.5, 0.6) is 0 Å². The summed E-state index contributed by atoms with van der Waals surface area (Å²) in [5.74, 6) is -0.339. The molecule has 4 nitrogen and oxygen atoms in total. The van der Waals surface area contributed by atoms with Crippen molar-refractivity contribution < 1.29 is 19.1 Å². The average molecular weight is 539 g/mol. The minimum atomic E-state index is -0.365. The molecule has 0 aromatic carbocycles. The van der Waals surface area contributed by atoms with E-state index in [4.69, 9.17) is 9.47 Å². The van der Waals surface area contributed by atoms with Gasteiger partial charge in [-0.05, 0) is 19.8 Å². The molecule has 0 rings (SSSR count). The zero-order valence-corrected chi connectivity index (χ0v) is 26.0. The number of ether oxygens (including phenoxy) is 2. The molecule has 0 N–H and O–H groups in total. The summed E-state index contributed by atoms with van der Waals surface area (Å²) in [6.07, 6.45) is 32.8. The van der Waals surface area contributed by atoms with E-state index >= 15 is 0 Å². The van der Waals surface area contributed by atoms with Crippen molar-refractivity contribution in [1.29, 1.82) is 0 Å². The molecule has 1 atom stereocenters. The fourth-order valence-corrected chi connectivity index (χ4v) is 5.00.